The van der Waals surface area contributed by atoms with Gasteiger partial charge in [0.25, 0.3) is 0 Å². The maximum absolute atomic E-state index is 10.6. The van der Waals surface area contributed by atoms with Crippen molar-refractivity contribution < 1.29 is 9.53 Å². The molecule has 0 aliphatic heterocycles. The van der Waals surface area contributed by atoms with Gasteiger partial charge >= 0.3 is 0 Å². The number of carbonyl (C=O) groups is 1. The van der Waals surface area contributed by atoms with Crippen LogP contribution >= 0.6 is 0 Å². The third kappa shape index (κ3) is 2.58. The van der Waals surface area contributed by atoms with Gasteiger partial charge in [0.1, 0.15) is 6.29 Å². The number of methoxy groups -OCH3 is 1. The molecule has 0 saturated heterocycles. The van der Waals surface area contributed by atoms with Crippen molar-refractivity contribution in [3.63, 3.8) is 0 Å². The second-order valence-electron chi connectivity index (χ2n) is 4.02. The summed E-state index contributed by atoms with van der Waals surface area (Å²) in [5.74, 6) is 0.755. The van der Waals surface area contributed by atoms with Crippen molar-refractivity contribution in [3.05, 3.63) is 11.9 Å². The van der Waals surface area contributed by atoms with Crippen LogP contribution in [-0.4, -0.2) is 23.2 Å². The van der Waals surface area contributed by atoms with Crippen molar-refractivity contribution >= 4 is 6.29 Å². The highest BCUT2D eigenvalue weighted by Gasteiger charge is 2.15. The summed E-state index contributed by atoms with van der Waals surface area (Å²) in [6.07, 6.45) is 3.33. The monoisotopic (exact) mass is 210 g/mol. The molecule has 0 bridgehead atoms. The number of aromatic nitrogens is 2. The normalized spacial score (nSPS) is 12.9. The summed E-state index contributed by atoms with van der Waals surface area (Å²) >= 11 is 0. The average Bonchev–Trinajstić information content (AvgIpc) is 2.60. The molecule has 0 spiro atoms. The van der Waals surface area contributed by atoms with Gasteiger partial charge in [-0.25, -0.2) is 0 Å². The molecule has 1 rings (SSSR count). The molecule has 1 aromatic heterocycles. The Morgan fingerprint density at radius 2 is 2.20 bits per heavy atom. The molecule has 1 aromatic rings. The first-order valence-corrected chi connectivity index (χ1v) is 5.15. The summed E-state index contributed by atoms with van der Waals surface area (Å²) in [6, 6.07) is 0.280. The lowest BCUT2D eigenvalue weighted by Gasteiger charge is -2.13. The number of rotatable bonds is 5. The van der Waals surface area contributed by atoms with Crippen molar-refractivity contribution in [2.45, 2.75) is 33.2 Å². The van der Waals surface area contributed by atoms with Crippen molar-refractivity contribution in [1.29, 1.82) is 0 Å². The van der Waals surface area contributed by atoms with Gasteiger partial charge in [-0.15, -0.1) is 0 Å². The van der Waals surface area contributed by atoms with Gasteiger partial charge in [0.05, 0.1) is 19.0 Å². The number of hydrogen-bond acceptors (Lipinski definition) is 3. The van der Waals surface area contributed by atoms with E-state index in [-0.39, 0.29) is 12.0 Å². The molecule has 4 heteroatoms. The third-order valence-electron chi connectivity index (χ3n) is 2.32. The summed E-state index contributed by atoms with van der Waals surface area (Å²) in [4.78, 5) is 10.6. The van der Waals surface area contributed by atoms with Crippen LogP contribution in [-0.2, 0) is 11.2 Å². The molecule has 0 fully saturated rings. The molecule has 15 heavy (non-hydrogen) atoms. The van der Waals surface area contributed by atoms with E-state index in [2.05, 4.69) is 18.9 Å². The Kier molecular flexibility index (Phi) is 3.88. The summed E-state index contributed by atoms with van der Waals surface area (Å²) in [6.45, 7) is 6.01. The van der Waals surface area contributed by atoms with Crippen LogP contribution < -0.4 is 4.74 Å². The van der Waals surface area contributed by atoms with E-state index in [0.29, 0.717) is 6.42 Å². The zero-order valence-corrected chi connectivity index (χ0v) is 9.73. The molecule has 1 heterocycles. The van der Waals surface area contributed by atoms with Crippen LogP contribution in [0.2, 0.25) is 0 Å². The fourth-order valence-electron chi connectivity index (χ4n) is 1.53. The summed E-state index contributed by atoms with van der Waals surface area (Å²) in [5.41, 5.74) is 0.993. The number of aldehydes is 1. The Morgan fingerprint density at radius 1 is 1.53 bits per heavy atom. The van der Waals surface area contributed by atoms with Crippen molar-refractivity contribution in [2.75, 3.05) is 7.11 Å². The van der Waals surface area contributed by atoms with E-state index in [1.54, 1.807) is 13.3 Å². The minimum atomic E-state index is -0.00639. The van der Waals surface area contributed by atoms with Crippen LogP contribution in [0, 0.1) is 5.92 Å². The molecule has 84 valence electrons. The van der Waals surface area contributed by atoms with E-state index in [1.807, 2.05) is 11.6 Å². The van der Waals surface area contributed by atoms with Gasteiger partial charge in [-0.1, -0.05) is 6.92 Å². The molecule has 0 aliphatic carbocycles. The minimum absolute atomic E-state index is 0.00639. The summed E-state index contributed by atoms with van der Waals surface area (Å²) in [7, 11) is 1.62. The first-order valence-electron chi connectivity index (χ1n) is 5.15. The first-order chi connectivity index (χ1) is 7.10. The van der Waals surface area contributed by atoms with Crippen molar-refractivity contribution in [1.82, 2.24) is 9.78 Å². The number of hydrogen-bond donors (Lipinski definition) is 0. The maximum Gasteiger partial charge on any atom is 0.159 e. The van der Waals surface area contributed by atoms with Crippen LogP contribution in [0.1, 0.15) is 32.5 Å². The van der Waals surface area contributed by atoms with Gasteiger partial charge in [0, 0.05) is 18.4 Å². The Balaban J connectivity index is 2.99. The molecule has 0 amide bonds. The summed E-state index contributed by atoms with van der Waals surface area (Å²) < 4.78 is 7.12. The Hall–Kier alpha value is -1.32. The van der Waals surface area contributed by atoms with E-state index >= 15 is 0 Å². The second-order valence-corrected chi connectivity index (χ2v) is 4.02. The lowest BCUT2D eigenvalue weighted by atomic mass is 10.1. The average molecular weight is 210 g/mol. The van der Waals surface area contributed by atoms with Crippen LogP contribution in [0.5, 0.6) is 5.75 Å². The maximum atomic E-state index is 10.6. The topological polar surface area (TPSA) is 44.1 Å². The van der Waals surface area contributed by atoms with Gasteiger partial charge in [-0.3, -0.25) is 4.68 Å². The van der Waals surface area contributed by atoms with Crippen LogP contribution in [0.4, 0.5) is 0 Å². The quantitative estimate of drug-likeness (QED) is 0.697. The Morgan fingerprint density at radius 3 is 2.67 bits per heavy atom. The largest absolute Gasteiger partial charge is 0.493 e. The zero-order chi connectivity index (χ0) is 11.4. The van der Waals surface area contributed by atoms with Gasteiger partial charge in [0.2, 0.25) is 0 Å². The lowest BCUT2D eigenvalue weighted by Crippen LogP contribution is -2.12. The van der Waals surface area contributed by atoms with Gasteiger partial charge in [0.15, 0.2) is 5.75 Å². The predicted octanol–water partition coefficient (Wildman–Crippen LogP) is 1.85. The second kappa shape index (κ2) is 4.96. The van der Waals surface area contributed by atoms with E-state index in [0.717, 1.165) is 17.7 Å². The molecular formula is C11H18N2O2. The minimum Gasteiger partial charge on any atom is -0.493 e. The molecule has 0 aliphatic rings. The SMILES string of the molecule is COc1cnn(C(C)C)c1CC(C)C=O. The molecule has 1 atom stereocenters. The molecule has 0 saturated carbocycles. The fraction of sp³-hybridized carbons (Fsp3) is 0.636. The van der Waals surface area contributed by atoms with Crippen LogP contribution in [0.15, 0.2) is 6.20 Å². The number of carbonyl (C=O) groups excluding carboxylic acids is 1. The van der Waals surface area contributed by atoms with E-state index in [4.69, 9.17) is 4.74 Å². The molecular weight excluding hydrogens is 192 g/mol. The zero-order valence-electron chi connectivity index (χ0n) is 9.73. The molecule has 1 unspecified atom stereocenters. The van der Waals surface area contributed by atoms with Crippen LogP contribution in [0.25, 0.3) is 0 Å². The highest BCUT2D eigenvalue weighted by molar-refractivity contribution is 5.53. The van der Waals surface area contributed by atoms with Crippen LogP contribution in [0.3, 0.4) is 0 Å². The first kappa shape index (κ1) is 11.8. The molecule has 0 aromatic carbocycles. The van der Waals surface area contributed by atoms with E-state index in [1.165, 1.54) is 0 Å². The van der Waals surface area contributed by atoms with Gasteiger partial charge < -0.3 is 9.53 Å². The number of ether oxygens (including phenoxy) is 1. The fourth-order valence-corrected chi connectivity index (χ4v) is 1.53. The van der Waals surface area contributed by atoms with E-state index in [9.17, 15) is 4.79 Å². The third-order valence-corrected chi connectivity index (χ3v) is 2.32. The Bertz CT molecular complexity index is 331. The standard InChI is InChI=1S/C11H18N2O2/c1-8(2)13-10(5-9(3)7-14)11(15-4)6-12-13/h6-9H,5H2,1-4H3. The molecule has 4 nitrogen and oxygen atoms in total. The molecule has 0 radical (unpaired) electrons. The highest BCUT2D eigenvalue weighted by Crippen LogP contribution is 2.23. The van der Waals surface area contributed by atoms with Crippen molar-refractivity contribution in [3.8, 4) is 5.75 Å². The molecule has 0 N–H and O–H groups in total. The van der Waals surface area contributed by atoms with Crippen molar-refractivity contribution in [2.24, 2.45) is 5.92 Å². The summed E-state index contributed by atoms with van der Waals surface area (Å²) in [5, 5.41) is 4.25. The lowest BCUT2D eigenvalue weighted by molar-refractivity contribution is -0.110. The van der Waals surface area contributed by atoms with Gasteiger partial charge in [-0.05, 0) is 13.8 Å². The van der Waals surface area contributed by atoms with E-state index < -0.39 is 0 Å². The predicted molar refractivity (Wildman–Crippen MR) is 58.1 cm³/mol. The van der Waals surface area contributed by atoms with Gasteiger partial charge in [-0.2, -0.15) is 5.10 Å². The number of nitrogens with zero attached hydrogens (tertiary/aromatic N) is 2. The highest BCUT2D eigenvalue weighted by atomic mass is 16.5. The Labute approximate surface area is 90.2 Å². The smallest absolute Gasteiger partial charge is 0.159 e.